The number of benzene rings is 1. The van der Waals surface area contributed by atoms with Gasteiger partial charge in [-0.25, -0.2) is 4.39 Å². The lowest BCUT2D eigenvalue weighted by atomic mass is 10.1. The van der Waals surface area contributed by atoms with Crippen molar-refractivity contribution in [2.24, 2.45) is 5.92 Å². The van der Waals surface area contributed by atoms with Gasteiger partial charge < -0.3 is 9.64 Å². The van der Waals surface area contributed by atoms with E-state index >= 15 is 0 Å². The number of anilines is 1. The first kappa shape index (κ1) is 13.0. The van der Waals surface area contributed by atoms with Crippen molar-refractivity contribution >= 4 is 33.5 Å². The van der Waals surface area contributed by atoms with Gasteiger partial charge >= 0.3 is 5.97 Å². The van der Waals surface area contributed by atoms with Crippen LogP contribution in [-0.4, -0.2) is 25.5 Å². The van der Waals surface area contributed by atoms with Crippen LogP contribution in [0, 0.1) is 11.7 Å². The van der Waals surface area contributed by atoms with Crippen molar-refractivity contribution < 1.29 is 18.7 Å². The highest BCUT2D eigenvalue weighted by molar-refractivity contribution is 9.10. The lowest BCUT2D eigenvalue weighted by molar-refractivity contribution is -0.145. The van der Waals surface area contributed by atoms with Crippen LogP contribution in [0.15, 0.2) is 22.7 Å². The summed E-state index contributed by atoms with van der Waals surface area (Å²) in [5, 5.41) is 0. The molecule has 1 aliphatic heterocycles. The van der Waals surface area contributed by atoms with E-state index in [1.165, 1.54) is 30.2 Å². The van der Waals surface area contributed by atoms with Crippen LogP contribution in [0.3, 0.4) is 0 Å². The zero-order valence-electron chi connectivity index (χ0n) is 9.65. The predicted octanol–water partition coefficient (Wildman–Crippen LogP) is 2.11. The minimum atomic E-state index is -0.459. The molecule has 1 saturated heterocycles. The lowest BCUT2D eigenvalue weighted by Gasteiger charge is -2.17. The molecule has 1 aromatic rings. The summed E-state index contributed by atoms with van der Waals surface area (Å²) in [6.07, 6.45) is 0.122. The smallest absolute Gasteiger partial charge is 0.311 e. The van der Waals surface area contributed by atoms with Crippen molar-refractivity contribution in [2.75, 3.05) is 18.6 Å². The summed E-state index contributed by atoms with van der Waals surface area (Å²) in [6.45, 7) is 0.260. The number of halogens is 2. The Kier molecular flexibility index (Phi) is 3.65. The molecule has 0 N–H and O–H groups in total. The van der Waals surface area contributed by atoms with Gasteiger partial charge in [0.25, 0.3) is 0 Å². The molecule has 0 radical (unpaired) electrons. The molecule has 4 nitrogen and oxygen atoms in total. The van der Waals surface area contributed by atoms with Crippen molar-refractivity contribution in [1.29, 1.82) is 0 Å². The van der Waals surface area contributed by atoms with E-state index in [0.29, 0.717) is 10.2 Å². The molecular weight excluding hydrogens is 305 g/mol. The van der Waals surface area contributed by atoms with E-state index in [1.807, 2.05) is 0 Å². The second-order valence-corrected chi connectivity index (χ2v) is 4.88. The minimum absolute atomic E-state index is 0.122. The number of amides is 1. The normalized spacial score (nSPS) is 19.2. The van der Waals surface area contributed by atoms with Crippen molar-refractivity contribution in [3.8, 4) is 0 Å². The maximum absolute atomic E-state index is 13.0. The fourth-order valence-electron chi connectivity index (χ4n) is 1.97. The Bertz CT molecular complexity index is 506. The lowest BCUT2D eigenvalue weighted by Crippen LogP contribution is -2.26. The Labute approximate surface area is 112 Å². The molecule has 1 fully saturated rings. The van der Waals surface area contributed by atoms with Crippen molar-refractivity contribution in [3.63, 3.8) is 0 Å². The number of rotatable bonds is 2. The number of carbonyl (C=O) groups excluding carboxylic acids is 2. The van der Waals surface area contributed by atoms with Crippen LogP contribution in [0.5, 0.6) is 0 Å². The summed E-state index contributed by atoms with van der Waals surface area (Å²) in [6, 6.07) is 4.07. The second-order valence-electron chi connectivity index (χ2n) is 4.02. The summed E-state index contributed by atoms with van der Waals surface area (Å²) in [5.41, 5.74) is 0.563. The number of methoxy groups -OCH3 is 1. The maximum Gasteiger partial charge on any atom is 0.311 e. The molecule has 6 heteroatoms. The monoisotopic (exact) mass is 315 g/mol. The van der Waals surface area contributed by atoms with Crippen LogP contribution >= 0.6 is 15.9 Å². The molecule has 1 unspecified atom stereocenters. The third-order valence-electron chi connectivity index (χ3n) is 2.86. The highest BCUT2D eigenvalue weighted by Gasteiger charge is 2.36. The Balaban J connectivity index is 2.24. The van der Waals surface area contributed by atoms with Crippen LogP contribution < -0.4 is 4.90 Å². The second kappa shape index (κ2) is 5.06. The molecule has 0 aromatic heterocycles. The van der Waals surface area contributed by atoms with Gasteiger partial charge in [0.1, 0.15) is 5.82 Å². The quantitative estimate of drug-likeness (QED) is 0.785. The first-order valence-electron chi connectivity index (χ1n) is 5.36. The van der Waals surface area contributed by atoms with E-state index in [-0.39, 0.29) is 24.7 Å². The van der Waals surface area contributed by atoms with Gasteiger partial charge in [-0.1, -0.05) is 0 Å². The average molecular weight is 316 g/mol. The van der Waals surface area contributed by atoms with Gasteiger partial charge in [0, 0.05) is 17.4 Å². The zero-order chi connectivity index (χ0) is 13.3. The van der Waals surface area contributed by atoms with Crippen LogP contribution in [0.2, 0.25) is 0 Å². The largest absolute Gasteiger partial charge is 0.469 e. The Hall–Kier alpha value is -1.43. The summed E-state index contributed by atoms with van der Waals surface area (Å²) >= 11 is 3.21. The van der Waals surface area contributed by atoms with E-state index in [9.17, 15) is 14.0 Å². The maximum atomic E-state index is 13.0. The zero-order valence-corrected chi connectivity index (χ0v) is 11.2. The molecule has 2 rings (SSSR count). The molecule has 1 aromatic carbocycles. The first-order chi connectivity index (χ1) is 8.52. The number of ether oxygens (including phenoxy) is 1. The molecular formula is C12H11BrFNO3. The van der Waals surface area contributed by atoms with Gasteiger partial charge in [-0.05, 0) is 34.1 Å². The molecule has 0 spiro atoms. The molecule has 0 saturated carbocycles. The van der Waals surface area contributed by atoms with Gasteiger partial charge in [-0.15, -0.1) is 0 Å². The standard InChI is InChI=1S/C12H11BrFNO3/c1-18-12(17)7-4-11(16)15(6-7)10-3-2-8(14)5-9(10)13/h2-3,5,7H,4,6H2,1H3. The predicted molar refractivity (Wildman–Crippen MR) is 66.6 cm³/mol. The van der Waals surface area contributed by atoms with Gasteiger partial charge in [-0.3, -0.25) is 9.59 Å². The number of esters is 1. The van der Waals surface area contributed by atoms with Gasteiger partial charge in [-0.2, -0.15) is 0 Å². The Morgan fingerprint density at radius 3 is 2.89 bits per heavy atom. The summed E-state index contributed by atoms with van der Waals surface area (Å²) in [7, 11) is 1.29. The van der Waals surface area contributed by atoms with E-state index in [1.54, 1.807) is 0 Å². The molecule has 1 amide bonds. The fraction of sp³-hybridized carbons (Fsp3) is 0.333. The van der Waals surface area contributed by atoms with Gasteiger partial charge in [0.15, 0.2) is 0 Å². The van der Waals surface area contributed by atoms with Crippen LogP contribution in [-0.2, 0) is 14.3 Å². The summed E-state index contributed by atoms with van der Waals surface area (Å²) in [5.74, 6) is -1.41. The SMILES string of the molecule is COC(=O)C1CC(=O)N(c2ccc(F)cc2Br)C1. The van der Waals surface area contributed by atoms with Crippen LogP contribution in [0.4, 0.5) is 10.1 Å². The van der Waals surface area contributed by atoms with Gasteiger partial charge in [0.05, 0.1) is 18.7 Å². The third kappa shape index (κ3) is 2.38. The molecule has 96 valence electrons. The number of hydrogen-bond donors (Lipinski definition) is 0. The Morgan fingerprint density at radius 1 is 1.56 bits per heavy atom. The molecule has 0 bridgehead atoms. The topological polar surface area (TPSA) is 46.6 Å². The number of carbonyl (C=O) groups is 2. The summed E-state index contributed by atoms with van der Waals surface area (Å²) in [4.78, 5) is 24.7. The first-order valence-corrected chi connectivity index (χ1v) is 6.15. The highest BCUT2D eigenvalue weighted by atomic mass is 79.9. The minimum Gasteiger partial charge on any atom is -0.469 e. The molecule has 1 atom stereocenters. The molecule has 1 aliphatic rings. The fourth-order valence-corrected chi connectivity index (χ4v) is 2.53. The van der Waals surface area contributed by atoms with Crippen molar-refractivity contribution in [2.45, 2.75) is 6.42 Å². The average Bonchev–Trinajstić information content (AvgIpc) is 2.70. The number of hydrogen-bond acceptors (Lipinski definition) is 3. The molecule has 1 heterocycles. The summed E-state index contributed by atoms with van der Waals surface area (Å²) < 4.78 is 18.1. The highest BCUT2D eigenvalue weighted by Crippen LogP contribution is 2.32. The van der Waals surface area contributed by atoms with E-state index in [0.717, 1.165) is 0 Å². The molecule has 18 heavy (non-hydrogen) atoms. The third-order valence-corrected chi connectivity index (χ3v) is 3.50. The number of nitrogens with zero attached hydrogens (tertiary/aromatic N) is 1. The Morgan fingerprint density at radius 2 is 2.28 bits per heavy atom. The van der Waals surface area contributed by atoms with Gasteiger partial charge in [0.2, 0.25) is 5.91 Å². The van der Waals surface area contributed by atoms with E-state index < -0.39 is 11.9 Å². The van der Waals surface area contributed by atoms with Crippen molar-refractivity contribution in [3.05, 3.63) is 28.5 Å². The van der Waals surface area contributed by atoms with E-state index in [2.05, 4.69) is 20.7 Å². The van der Waals surface area contributed by atoms with Crippen LogP contribution in [0.1, 0.15) is 6.42 Å². The van der Waals surface area contributed by atoms with E-state index in [4.69, 9.17) is 0 Å². The van der Waals surface area contributed by atoms with Crippen molar-refractivity contribution in [1.82, 2.24) is 0 Å². The van der Waals surface area contributed by atoms with Crippen LogP contribution in [0.25, 0.3) is 0 Å². The molecule has 0 aliphatic carbocycles.